The van der Waals surface area contributed by atoms with Gasteiger partial charge in [0.2, 0.25) is 0 Å². The Bertz CT molecular complexity index is 374. The van der Waals surface area contributed by atoms with Crippen molar-refractivity contribution in [2.24, 2.45) is 0 Å². The van der Waals surface area contributed by atoms with Gasteiger partial charge in [-0.05, 0) is 20.4 Å². The molecule has 0 aliphatic carbocycles. The number of anilines is 1. The molecule has 0 aliphatic rings. The third-order valence-electron chi connectivity index (χ3n) is 3.08. The van der Waals surface area contributed by atoms with Crippen molar-refractivity contribution in [2.45, 2.75) is 53.1 Å². The Morgan fingerprint density at radius 2 is 1.94 bits per heavy atom. The van der Waals surface area contributed by atoms with E-state index in [1.165, 1.54) is 0 Å². The molecule has 1 heterocycles. The average Bonchev–Trinajstić information content (AvgIpc) is 2.34. The number of hydrogen-bond acceptors (Lipinski definition) is 4. The van der Waals surface area contributed by atoms with Gasteiger partial charge in [-0.25, -0.2) is 9.97 Å². The second-order valence-corrected chi connectivity index (χ2v) is 5.20. The Morgan fingerprint density at radius 3 is 2.44 bits per heavy atom. The molecule has 0 unspecified atom stereocenters. The largest absolute Gasteiger partial charge is 0.369 e. The fourth-order valence-electron chi connectivity index (χ4n) is 1.65. The first-order valence-electron chi connectivity index (χ1n) is 6.76. The Morgan fingerprint density at radius 1 is 1.28 bits per heavy atom. The summed E-state index contributed by atoms with van der Waals surface area (Å²) in [6.07, 6.45) is 1.95. The van der Waals surface area contributed by atoms with Gasteiger partial charge in [0, 0.05) is 25.6 Å². The average molecular weight is 250 g/mol. The molecule has 0 spiro atoms. The summed E-state index contributed by atoms with van der Waals surface area (Å²) >= 11 is 0. The van der Waals surface area contributed by atoms with Gasteiger partial charge < -0.3 is 10.2 Å². The summed E-state index contributed by atoms with van der Waals surface area (Å²) in [5, 5.41) is 3.35. The van der Waals surface area contributed by atoms with Crippen LogP contribution in [0.3, 0.4) is 0 Å². The monoisotopic (exact) mass is 250 g/mol. The van der Waals surface area contributed by atoms with E-state index < -0.39 is 0 Å². The van der Waals surface area contributed by atoms with Gasteiger partial charge in [0.25, 0.3) is 0 Å². The van der Waals surface area contributed by atoms with Crippen LogP contribution < -0.4 is 10.2 Å². The topological polar surface area (TPSA) is 41.1 Å². The van der Waals surface area contributed by atoms with Crippen molar-refractivity contribution in [1.29, 1.82) is 0 Å². The third-order valence-corrected chi connectivity index (χ3v) is 3.08. The van der Waals surface area contributed by atoms with Gasteiger partial charge in [0.15, 0.2) is 0 Å². The van der Waals surface area contributed by atoms with E-state index in [0.29, 0.717) is 12.0 Å². The second-order valence-electron chi connectivity index (χ2n) is 5.20. The minimum atomic E-state index is 0.365. The van der Waals surface area contributed by atoms with Crippen LogP contribution in [0.4, 0.5) is 5.69 Å². The summed E-state index contributed by atoms with van der Waals surface area (Å²) in [5.41, 5.74) is 2.21. The highest BCUT2D eigenvalue weighted by Crippen LogP contribution is 2.21. The molecule has 1 N–H and O–H groups in total. The van der Waals surface area contributed by atoms with Crippen molar-refractivity contribution in [3.63, 3.8) is 0 Å². The summed E-state index contributed by atoms with van der Waals surface area (Å²) in [6, 6.07) is 0.443. The zero-order valence-corrected chi connectivity index (χ0v) is 12.5. The molecular weight excluding hydrogens is 224 g/mol. The zero-order chi connectivity index (χ0) is 13.7. The Balaban J connectivity index is 3.07. The first-order chi connectivity index (χ1) is 8.47. The van der Waals surface area contributed by atoms with Crippen LogP contribution >= 0.6 is 0 Å². The number of aromatic nitrogens is 2. The van der Waals surface area contributed by atoms with E-state index in [0.717, 1.165) is 30.3 Å². The van der Waals surface area contributed by atoms with Gasteiger partial charge in [-0.15, -0.1) is 0 Å². The van der Waals surface area contributed by atoms with Gasteiger partial charge in [0.05, 0.1) is 17.6 Å². The highest BCUT2D eigenvalue weighted by Gasteiger charge is 2.14. The molecule has 0 saturated carbocycles. The molecule has 18 heavy (non-hydrogen) atoms. The Hall–Kier alpha value is -1.16. The van der Waals surface area contributed by atoms with Crippen molar-refractivity contribution >= 4 is 5.69 Å². The van der Waals surface area contributed by atoms with Crippen molar-refractivity contribution in [1.82, 2.24) is 15.3 Å². The van der Waals surface area contributed by atoms with E-state index in [1.807, 2.05) is 6.20 Å². The van der Waals surface area contributed by atoms with Crippen LogP contribution in [0.15, 0.2) is 6.20 Å². The van der Waals surface area contributed by atoms with Crippen LogP contribution in [0.25, 0.3) is 0 Å². The van der Waals surface area contributed by atoms with Gasteiger partial charge >= 0.3 is 0 Å². The second kappa shape index (κ2) is 6.69. The maximum atomic E-state index is 4.70. The quantitative estimate of drug-likeness (QED) is 0.842. The fraction of sp³-hybridized carbons (Fsp3) is 0.714. The molecule has 1 rings (SSSR count). The minimum absolute atomic E-state index is 0.365. The molecule has 0 aliphatic heterocycles. The SMILES string of the molecule is CCNCc1nc(C(C)C)ncc1N(C)C(C)C. The van der Waals surface area contributed by atoms with Crippen molar-refractivity contribution in [3.8, 4) is 0 Å². The lowest BCUT2D eigenvalue weighted by atomic mass is 10.2. The fourth-order valence-corrected chi connectivity index (χ4v) is 1.65. The van der Waals surface area contributed by atoms with E-state index >= 15 is 0 Å². The summed E-state index contributed by atoms with van der Waals surface area (Å²) < 4.78 is 0. The predicted octanol–water partition coefficient (Wildman–Crippen LogP) is 2.55. The molecule has 0 bridgehead atoms. The Labute approximate surface area is 111 Å². The molecule has 0 radical (unpaired) electrons. The van der Waals surface area contributed by atoms with Gasteiger partial charge in [-0.2, -0.15) is 0 Å². The molecule has 0 saturated heterocycles. The van der Waals surface area contributed by atoms with Crippen molar-refractivity contribution in [2.75, 3.05) is 18.5 Å². The smallest absolute Gasteiger partial charge is 0.131 e. The third kappa shape index (κ3) is 3.67. The van der Waals surface area contributed by atoms with Crippen molar-refractivity contribution < 1.29 is 0 Å². The van der Waals surface area contributed by atoms with Gasteiger partial charge in [-0.1, -0.05) is 20.8 Å². The standard InChI is InChI=1S/C14H26N4/c1-7-15-8-12-13(18(6)11(4)5)9-16-14(17-12)10(2)3/h9-11,15H,7-8H2,1-6H3. The van der Waals surface area contributed by atoms with E-state index in [2.05, 4.69) is 56.9 Å². The highest BCUT2D eigenvalue weighted by atomic mass is 15.2. The lowest BCUT2D eigenvalue weighted by Crippen LogP contribution is -2.28. The summed E-state index contributed by atoms with van der Waals surface area (Å²) in [6.45, 7) is 12.4. The maximum absolute atomic E-state index is 4.70. The summed E-state index contributed by atoms with van der Waals surface area (Å²) in [4.78, 5) is 11.4. The first kappa shape index (κ1) is 14.9. The van der Waals surface area contributed by atoms with Gasteiger partial charge in [-0.3, -0.25) is 0 Å². The summed E-state index contributed by atoms with van der Waals surface area (Å²) in [5.74, 6) is 1.28. The molecule has 1 aromatic heterocycles. The molecule has 102 valence electrons. The van der Waals surface area contributed by atoms with Gasteiger partial charge in [0.1, 0.15) is 5.82 Å². The van der Waals surface area contributed by atoms with Crippen LogP contribution in [0.2, 0.25) is 0 Å². The molecular formula is C14H26N4. The molecule has 0 aromatic carbocycles. The lowest BCUT2D eigenvalue weighted by molar-refractivity contribution is 0.671. The van der Waals surface area contributed by atoms with E-state index in [-0.39, 0.29) is 0 Å². The molecule has 4 heteroatoms. The first-order valence-corrected chi connectivity index (χ1v) is 6.76. The van der Waals surface area contributed by atoms with Crippen LogP contribution in [-0.4, -0.2) is 29.6 Å². The predicted molar refractivity (Wildman–Crippen MR) is 77.0 cm³/mol. The highest BCUT2D eigenvalue weighted by molar-refractivity contribution is 5.49. The molecule has 4 nitrogen and oxygen atoms in total. The number of nitrogens with zero attached hydrogens (tertiary/aromatic N) is 3. The van der Waals surface area contributed by atoms with Crippen LogP contribution in [0.5, 0.6) is 0 Å². The van der Waals surface area contributed by atoms with Crippen LogP contribution in [0, 0.1) is 0 Å². The van der Waals surface area contributed by atoms with Crippen molar-refractivity contribution in [3.05, 3.63) is 17.7 Å². The lowest BCUT2D eigenvalue weighted by Gasteiger charge is -2.26. The molecule has 0 amide bonds. The van der Waals surface area contributed by atoms with E-state index in [1.54, 1.807) is 0 Å². The number of hydrogen-bond donors (Lipinski definition) is 1. The normalized spacial score (nSPS) is 11.3. The van der Waals surface area contributed by atoms with E-state index in [9.17, 15) is 0 Å². The zero-order valence-electron chi connectivity index (χ0n) is 12.5. The summed E-state index contributed by atoms with van der Waals surface area (Å²) in [7, 11) is 2.09. The minimum Gasteiger partial charge on any atom is -0.369 e. The molecule has 0 atom stereocenters. The van der Waals surface area contributed by atoms with E-state index in [4.69, 9.17) is 4.98 Å². The van der Waals surface area contributed by atoms with Crippen LogP contribution in [-0.2, 0) is 6.54 Å². The maximum Gasteiger partial charge on any atom is 0.131 e. The Kier molecular flexibility index (Phi) is 5.54. The number of nitrogens with one attached hydrogen (secondary N) is 1. The molecule has 1 aromatic rings. The number of rotatable bonds is 6. The molecule has 0 fully saturated rings. The van der Waals surface area contributed by atoms with Crippen LogP contribution in [0.1, 0.15) is 52.1 Å².